The van der Waals surface area contributed by atoms with Gasteiger partial charge >= 0.3 is 6.09 Å². The lowest BCUT2D eigenvalue weighted by Crippen LogP contribution is -2.48. The van der Waals surface area contributed by atoms with Gasteiger partial charge in [-0.3, -0.25) is 4.99 Å². The van der Waals surface area contributed by atoms with Crippen LogP contribution < -0.4 is 16.0 Å². The molecule has 0 aliphatic heterocycles. The maximum Gasteiger partial charge on any atom is 0.407 e. The van der Waals surface area contributed by atoms with Crippen LogP contribution in [0.15, 0.2) is 15.6 Å². The molecule has 154 valence electrons. The number of nitrogens with zero attached hydrogens (tertiary/aromatic N) is 2. The lowest BCUT2D eigenvalue weighted by Gasteiger charge is -2.24. The van der Waals surface area contributed by atoms with Crippen molar-refractivity contribution in [1.82, 2.24) is 21.1 Å². The van der Waals surface area contributed by atoms with Crippen molar-refractivity contribution in [3.8, 4) is 0 Å². The van der Waals surface area contributed by atoms with E-state index in [4.69, 9.17) is 9.26 Å². The van der Waals surface area contributed by atoms with Crippen molar-refractivity contribution >= 4 is 12.1 Å². The van der Waals surface area contributed by atoms with Gasteiger partial charge in [-0.15, -0.1) is 0 Å². The molecule has 1 amide bonds. The first-order chi connectivity index (χ1) is 12.6. The van der Waals surface area contributed by atoms with E-state index in [1.54, 1.807) is 7.05 Å². The van der Waals surface area contributed by atoms with Gasteiger partial charge in [0.15, 0.2) is 11.7 Å². The number of carbonyl (C=O) groups excluding carboxylic acids is 1. The zero-order chi connectivity index (χ0) is 20.4. The summed E-state index contributed by atoms with van der Waals surface area (Å²) < 4.78 is 10.6. The highest BCUT2D eigenvalue weighted by Gasteiger charge is 2.19. The molecule has 0 radical (unpaired) electrons. The van der Waals surface area contributed by atoms with E-state index in [0.717, 1.165) is 24.3 Å². The summed E-state index contributed by atoms with van der Waals surface area (Å²) in [6.07, 6.45) is 1.38. The number of hydrogen-bond donors (Lipinski definition) is 3. The van der Waals surface area contributed by atoms with Crippen molar-refractivity contribution in [3.63, 3.8) is 0 Å². The van der Waals surface area contributed by atoms with Crippen molar-refractivity contribution in [3.05, 3.63) is 17.5 Å². The second kappa shape index (κ2) is 10.8. The monoisotopic (exact) mass is 381 g/mol. The number of aliphatic imine (C=N–C) groups is 1. The number of guanidine groups is 1. The van der Waals surface area contributed by atoms with Crippen molar-refractivity contribution in [2.24, 2.45) is 4.99 Å². The van der Waals surface area contributed by atoms with E-state index in [1.807, 2.05) is 26.8 Å². The minimum absolute atomic E-state index is 0.0544. The molecule has 1 heterocycles. The van der Waals surface area contributed by atoms with Gasteiger partial charge in [0, 0.05) is 25.7 Å². The summed E-state index contributed by atoms with van der Waals surface area (Å²) in [7, 11) is 1.70. The average Bonchev–Trinajstić information content (AvgIpc) is 3.02. The highest BCUT2D eigenvalue weighted by molar-refractivity contribution is 5.79. The summed E-state index contributed by atoms with van der Waals surface area (Å²) in [6, 6.07) is 1.88. The Morgan fingerprint density at radius 2 is 2.04 bits per heavy atom. The van der Waals surface area contributed by atoms with Gasteiger partial charge in [-0.25, -0.2) is 4.79 Å². The first-order valence-electron chi connectivity index (χ1n) is 9.54. The van der Waals surface area contributed by atoms with Crippen molar-refractivity contribution in [1.29, 1.82) is 0 Å². The number of rotatable bonds is 8. The van der Waals surface area contributed by atoms with Crippen LogP contribution in [0.25, 0.3) is 0 Å². The Bertz CT molecular complexity index is 605. The van der Waals surface area contributed by atoms with E-state index >= 15 is 0 Å². The maximum atomic E-state index is 12.0. The van der Waals surface area contributed by atoms with Gasteiger partial charge in [0.1, 0.15) is 5.60 Å². The molecule has 3 N–H and O–H groups in total. The average molecular weight is 382 g/mol. The zero-order valence-electron chi connectivity index (χ0n) is 17.7. The number of hydrogen-bond acceptors (Lipinski definition) is 5. The molecule has 0 fully saturated rings. The number of carbonyl (C=O) groups is 1. The summed E-state index contributed by atoms with van der Waals surface area (Å²) >= 11 is 0. The van der Waals surface area contributed by atoms with Crippen LogP contribution in [0.5, 0.6) is 0 Å². The Morgan fingerprint density at radius 1 is 1.33 bits per heavy atom. The molecule has 1 unspecified atom stereocenters. The predicted molar refractivity (Wildman–Crippen MR) is 107 cm³/mol. The first kappa shape index (κ1) is 22.8. The minimum atomic E-state index is -0.516. The van der Waals surface area contributed by atoms with E-state index in [0.29, 0.717) is 25.0 Å². The molecule has 0 aliphatic rings. The fraction of sp³-hybridized carbons (Fsp3) is 0.737. The van der Waals surface area contributed by atoms with Gasteiger partial charge in [-0.05, 0) is 33.1 Å². The maximum absolute atomic E-state index is 12.0. The predicted octanol–water partition coefficient (Wildman–Crippen LogP) is 3.16. The molecular weight excluding hydrogens is 346 g/mol. The smallest absolute Gasteiger partial charge is 0.407 e. The fourth-order valence-corrected chi connectivity index (χ4v) is 2.34. The second-order valence-electron chi connectivity index (χ2n) is 7.81. The van der Waals surface area contributed by atoms with Crippen LogP contribution in [-0.2, 0) is 11.3 Å². The Balaban J connectivity index is 2.50. The van der Waals surface area contributed by atoms with Crippen molar-refractivity contribution in [2.45, 2.75) is 78.5 Å². The molecule has 0 aromatic carbocycles. The molecule has 27 heavy (non-hydrogen) atoms. The number of alkyl carbamates (subject to hydrolysis) is 1. The molecule has 0 aliphatic carbocycles. The number of amides is 1. The summed E-state index contributed by atoms with van der Waals surface area (Å²) in [6.45, 7) is 12.8. The third-order valence-electron chi connectivity index (χ3n) is 3.70. The van der Waals surface area contributed by atoms with Gasteiger partial charge in [-0.1, -0.05) is 32.3 Å². The largest absolute Gasteiger partial charge is 0.444 e. The molecule has 0 saturated carbocycles. The molecule has 8 nitrogen and oxygen atoms in total. The number of aromatic nitrogens is 1. The van der Waals surface area contributed by atoms with E-state index in [9.17, 15) is 4.79 Å². The van der Waals surface area contributed by atoms with Gasteiger partial charge in [-0.2, -0.15) is 0 Å². The van der Waals surface area contributed by atoms with Gasteiger partial charge in [0.2, 0.25) is 0 Å². The normalized spacial score (nSPS) is 13.4. The summed E-state index contributed by atoms with van der Waals surface area (Å²) in [5, 5.41) is 13.4. The molecule has 1 aromatic heterocycles. The zero-order valence-corrected chi connectivity index (χ0v) is 17.7. The van der Waals surface area contributed by atoms with Gasteiger partial charge in [0.05, 0.1) is 12.2 Å². The van der Waals surface area contributed by atoms with E-state index in [-0.39, 0.29) is 6.04 Å². The molecule has 8 heteroatoms. The molecule has 0 spiro atoms. The summed E-state index contributed by atoms with van der Waals surface area (Å²) in [5.41, 5.74) is 0.414. The van der Waals surface area contributed by atoms with Gasteiger partial charge in [0.25, 0.3) is 0 Å². The Labute approximate surface area is 162 Å². The number of nitrogens with one attached hydrogen (secondary N) is 3. The van der Waals surface area contributed by atoms with E-state index in [1.165, 1.54) is 0 Å². The van der Waals surface area contributed by atoms with Gasteiger partial charge < -0.3 is 25.2 Å². The highest BCUT2D eigenvalue weighted by Crippen LogP contribution is 2.13. The number of ether oxygens (including phenoxy) is 1. The van der Waals surface area contributed by atoms with Crippen LogP contribution >= 0.6 is 0 Å². The minimum Gasteiger partial charge on any atom is -0.444 e. The Hall–Kier alpha value is -2.25. The standard InChI is InChI=1S/C19H35N5O3/c1-8-9-14(23-18(25)26-19(4,5)6)11-21-17(20-7)22-12-15-10-16(13(2)3)24-27-15/h10,13-14H,8-9,11-12H2,1-7H3,(H,23,25)(H2,20,21,22). The summed E-state index contributed by atoms with van der Waals surface area (Å²) in [4.78, 5) is 16.2. The van der Waals surface area contributed by atoms with E-state index in [2.05, 4.69) is 46.9 Å². The Kier molecular flexibility index (Phi) is 9.11. The fourth-order valence-electron chi connectivity index (χ4n) is 2.34. The van der Waals surface area contributed by atoms with Crippen LogP contribution in [0.3, 0.4) is 0 Å². The second-order valence-corrected chi connectivity index (χ2v) is 7.81. The molecule has 1 aromatic rings. The molecule has 1 rings (SSSR count). The molecule has 0 bridgehead atoms. The third kappa shape index (κ3) is 9.30. The molecule has 1 atom stereocenters. The van der Waals surface area contributed by atoms with E-state index < -0.39 is 11.7 Å². The summed E-state index contributed by atoms with van der Waals surface area (Å²) in [5.74, 6) is 1.71. The lowest BCUT2D eigenvalue weighted by atomic mass is 10.1. The van der Waals surface area contributed by atoms with Crippen LogP contribution in [0, 0.1) is 0 Å². The van der Waals surface area contributed by atoms with Crippen LogP contribution in [0.2, 0.25) is 0 Å². The highest BCUT2D eigenvalue weighted by atomic mass is 16.6. The van der Waals surface area contributed by atoms with Crippen molar-refractivity contribution in [2.75, 3.05) is 13.6 Å². The van der Waals surface area contributed by atoms with Crippen LogP contribution in [0.4, 0.5) is 4.79 Å². The molecule has 0 saturated heterocycles. The lowest BCUT2D eigenvalue weighted by molar-refractivity contribution is 0.0502. The van der Waals surface area contributed by atoms with Crippen LogP contribution in [0.1, 0.15) is 71.8 Å². The topological polar surface area (TPSA) is 101 Å². The SMILES string of the molecule is CCCC(CNC(=NC)NCc1cc(C(C)C)no1)NC(=O)OC(C)(C)C. The third-order valence-corrected chi connectivity index (χ3v) is 3.70. The van der Waals surface area contributed by atoms with Crippen molar-refractivity contribution < 1.29 is 14.1 Å². The molecular formula is C19H35N5O3. The Morgan fingerprint density at radius 3 is 2.56 bits per heavy atom. The quantitative estimate of drug-likeness (QED) is 0.472. The van der Waals surface area contributed by atoms with Crippen LogP contribution in [-0.4, -0.2) is 42.4 Å². The first-order valence-corrected chi connectivity index (χ1v) is 9.54.